The van der Waals surface area contributed by atoms with Crippen LogP contribution in [0.3, 0.4) is 0 Å². The van der Waals surface area contributed by atoms with E-state index in [4.69, 9.17) is 14.5 Å². The van der Waals surface area contributed by atoms with Crippen molar-refractivity contribution in [3.8, 4) is 11.8 Å². The monoisotopic (exact) mass is 545 g/mol. The number of aromatic nitrogens is 2. The van der Waals surface area contributed by atoms with Crippen molar-refractivity contribution < 1.29 is 9.26 Å². The van der Waals surface area contributed by atoms with Gasteiger partial charge in [0, 0.05) is 24.7 Å². The third kappa shape index (κ3) is 7.58. The van der Waals surface area contributed by atoms with Gasteiger partial charge in [-0.2, -0.15) is 5.26 Å². The molecule has 2 fully saturated rings. The number of halogens is 2. The SMILES string of the molecule is CN(C)Cc1c(OCC2CC2)ccc2c(CCC3CCN(Cc4ccc(C#N)nc4)CC3)noc12.Cl.Cl. The molecule has 9 heteroatoms. The molecule has 0 N–H and O–H groups in total. The van der Waals surface area contributed by atoms with Crippen LogP contribution in [0.2, 0.25) is 0 Å². The number of likely N-dealkylation sites (tertiary alicyclic amines) is 1. The molecule has 0 radical (unpaired) electrons. The molecular weight excluding hydrogens is 509 g/mol. The van der Waals surface area contributed by atoms with Crippen molar-refractivity contribution >= 4 is 35.8 Å². The van der Waals surface area contributed by atoms with Gasteiger partial charge in [-0.1, -0.05) is 11.2 Å². The van der Waals surface area contributed by atoms with Crippen LogP contribution in [0, 0.1) is 23.2 Å². The largest absolute Gasteiger partial charge is 0.493 e. The van der Waals surface area contributed by atoms with Gasteiger partial charge < -0.3 is 14.2 Å². The number of hydrogen-bond acceptors (Lipinski definition) is 7. The smallest absolute Gasteiger partial charge is 0.175 e. The molecule has 0 spiro atoms. The maximum absolute atomic E-state index is 8.92. The molecule has 0 unspecified atom stereocenters. The summed E-state index contributed by atoms with van der Waals surface area (Å²) in [6, 6.07) is 10.1. The lowest BCUT2D eigenvalue weighted by Crippen LogP contribution is -2.33. The molecule has 200 valence electrons. The third-order valence-corrected chi connectivity index (χ3v) is 7.26. The molecule has 2 aromatic heterocycles. The number of hydrogen-bond donors (Lipinski definition) is 0. The highest BCUT2D eigenvalue weighted by molar-refractivity contribution is 5.86. The summed E-state index contributed by atoms with van der Waals surface area (Å²) in [7, 11) is 4.15. The van der Waals surface area contributed by atoms with E-state index in [1.807, 2.05) is 12.3 Å². The van der Waals surface area contributed by atoms with Gasteiger partial charge in [-0.15, -0.1) is 24.8 Å². The van der Waals surface area contributed by atoms with E-state index in [-0.39, 0.29) is 24.8 Å². The Kier molecular flexibility index (Phi) is 10.6. The Hall–Kier alpha value is -2.37. The van der Waals surface area contributed by atoms with Crippen LogP contribution in [0.4, 0.5) is 0 Å². The fraction of sp³-hybridized carbons (Fsp3) is 0.536. The van der Waals surface area contributed by atoms with Crippen LogP contribution in [-0.4, -0.2) is 53.7 Å². The highest BCUT2D eigenvalue weighted by atomic mass is 35.5. The minimum atomic E-state index is 0. The second kappa shape index (κ2) is 13.4. The van der Waals surface area contributed by atoms with Gasteiger partial charge in [-0.25, -0.2) is 4.98 Å². The molecule has 5 rings (SSSR count). The topological polar surface area (TPSA) is 78.4 Å². The summed E-state index contributed by atoms with van der Waals surface area (Å²) in [4.78, 5) is 8.84. The maximum Gasteiger partial charge on any atom is 0.175 e. The second-order valence-electron chi connectivity index (χ2n) is 10.5. The lowest BCUT2D eigenvalue weighted by Gasteiger charge is -2.31. The Bertz CT molecular complexity index is 1180. The zero-order chi connectivity index (χ0) is 24.2. The van der Waals surface area contributed by atoms with Crippen LogP contribution in [0.5, 0.6) is 5.75 Å². The van der Waals surface area contributed by atoms with E-state index in [0.717, 1.165) is 79.5 Å². The van der Waals surface area contributed by atoms with Gasteiger partial charge in [0.1, 0.15) is 17.5 Å². The predicted octanol–water partition coefficient (Wildman–Crippen LogP) is 5.63. The van der Waals surface area contributed by atoms with Gasteiger partial charge in [-0.3, -0.25) is 4.90 Å². The maximum atomic E-state index is 8.92. The first-order valence-electron chi connectivity index (χ1n) is 12.8. The standard InChI is InChI=1S/C28H35N5O2.2ClH/c1-32(2)18-25-27(34-19-21-3-4-21)10-8-24-26(31-35-28(24)25)9-6-20-11-13-33(14-12-20)17-22-5-7-23(15-29)30-16-22;;/h5,7-8,10,16,20-21H,3-4,6,9,11-14,17-19H2,1-2H3;2*1H. The Labute approximate surface area is 232 Å². The van der Waals surface area contributed by atoms with Crippen LogP contribution < -0.4 is 4.74 Å². The van der Waals surface area contributed by atoms with E-state index >= 15 is 0 Å². The van der Waals surface area contributed by atoms with E-state index in [9.17, 15) is 0 Å². The van der Waals surface area contributed by atoms with Crippen LogP contribution in [0.25, 0.3) is 11.0 Å². The van der Waals surface area contributed by atoms with Gasteiger partial charge in [0.2, 0.25) is 0 Å². The molecule has 3 aromatic rings. The van der Waals surface area contributed by atoms with Gasteiger partial charge in [0.15, 0.2) is 5.58 Å². The number of nitriles is 1. The van der Waals surface area contributed by atoms with Gasteiger partial charge in [0.05, 0.1) is 17.9 Å². The predicted molar refractivity (Wildman–Crippen MR) is 149 cm³/mol. The molecular formula is C28H37Cl2N5O2. The minimum Gasteiger partial charge on any atom is -0.493 e. The van der Waals surface area contributed by atoms with Crippen LogP contribution >= 0.6 is 24.8 Å². The van der Waals surface area contributed by atoms with E-state index in [2.05, 4.69) is 52.2 Å². The molecule has 3 heterocycles. The number of piperidine rings is 1. The number of ether oxygens (including phenoxy) is 1. The summed E-state index contributed by atoms with van der Waals surface area (Å²) in [5, 5.41) is 14.5. The zero-order valence-electron chi connectivity index (χ0n) is 21.7. The summed E-state index contributed by atoms with van der Waals surface area (Å²) >= 11 is 0. The first-order valence-corrected chi connectivity index (χ1v) is 12.8. The zero-order valence-corrected chi connectivity index (χ0v) is 23.3. The normalized spacial score (nSPS) is 16.3. The summed E-state index contributed by atoms with van der Waals surface area (Å²) in [5.41, 5.74) is 4.71. The molecule has 37 heavy (non-hydrogen) atoms. The Morgan fingerprint density at radius 3 is 2.51 bits per heavy atom. The van der Waals surface area contributed by atoms with Crippen molar-refractivity contribution in [3.63, 3.8) is 0 Å². The molecule has 1 aliphatic carbocycles. The second-order valence-corrected chi connectivity index (χ2v) is 10.5. The fourth-order valence-corrected chi connectivity index (χ4v) is 4.98. The summed E-state index contributed by atoms with van der Waals surface area (Å²) in [6.45, 7) is 4.67. The van der Waals surface area contributed by atoms with Crippen molar-refractivity contribution in [2.75, 3.05) is 33.8 Å². The molecule has 1 saturated heterocycles. The van der Waals surface area contributed by atoms with E-state index in [0.29, 0.717) is 11.6 Å². The Balaban J connectivity index is 0.00000190. The Morgan fingerprint density at radius 2 is 1.86 bits per heavy atom. The number of rotatable bonds is 10. The fourth-order valence-electron chi connectivity index (χ4n) is 4.98. The van der Waals surface area contributed by atoms with Crippen molar-refractivity contribution in [1.82, 2.24) is 19.9 Å². The molecule has 1 aliphatic heterocycles. The number of nitrogens with zero attached hydrogens (tertiary/aromatic N) is 5. The molecule has 0 bridgehead atoms. The van der Waals surface area contributed by atoms with Crippen molar-refractivity contribution in [2.45, 2.75) is 51.6 Å². The van der Waals surface area contributed by atoms with Crippen LogP contribution in [0.15, 0.2) is 35.0 Å². The highest BCUT2D eigenvalue weighted by Gasteiger charge is 2.24. The summed E-state index contributed by atoms with van der Waals surface area (Å²) in [6.07, 6.45) is 8.87. The van der Waals surface area contributed by atoms with E-state index in [1.54, 1.807) is 6.07 Å². The summed E-state index contributed by atoms with van der Waals surface area (Å²) < 4.78 is 12.1. The average molecular weight is 547 g/mol. The van der Waals surface area contributed by atoms with E-state index < -0.39 is 0 Å². The first kappa shape index (κ1) is 29.2. The van der Waals surface area contributed by atoms with Gasteiger partial charge in [0.25, 0.3) is 0 Å². The lowest BCUT2D eigenvalue weighted by molar-refractivity contribution is 0.172. The van der Waals surface area contributed by atoms with Crippen molar-refractivity contribution in [1.29, 1.82) is 5.26 Å². The molecule has 7 nitrogen and oxygen atoms in total. The molecule has 0 amide bonds. The first-order chi connectivity index (χ1) is 17.1. The van der Waals surface area contributed by atoms with Crippen LogP contribution in [-0.2, 0) is 19.5 Å². The van der Waals surface area contributed by atoms with Crippen molar-refractivity contribution in [3.05, 3.63) is 53.0 Å². The molecule has 2 aliphatic rings. The number of fused-ring (bicyclic) bond motifs is 1. The van der Waals surface area contributed by atoms with Crippen LogP contribution in [0.1, 0.15) is 54.6 Å². The molecule has 0 atom stereocenters. The van der Waals surface area contributed by atoms with E-state index in [1.165, 1.54) is 31.2 Å². The molecule has 1 saturated carbocycles. The minimum absolute atomic E-state index is 0. The third-order valence-electron chi connectivity index (χ3n) is 7.26. The number of aryl methyl sites for hydroxylation is 1. The van der Waals surface area contributed by atoms with Gasteiger partial charge in [-0.05, 0) is 101 Å². The van der Waals surface area contributed by atoms with Gasteiger partial charge >= 0.3 is 0 Å². The quantitative estimate of drug-likeness (QED) is 0.326. The number of pyridine rings is 1. The average Bonchev–Trinajstić information content (AvgIpc) is 3.61. The lowest BCUT2D eigenvalue weighted by atomic mass is 9.91. The van der Waals surface area contributed by atoms with Crippen molar-refractivity contribution in [2.24, 2.45) is 11.8 Å². The number of benzene rings is 1. The Morgan fingerprint density at radius 1 is 1.08 bits per heavy atom. The highest BCUT2D eigenvalue weighted by Crippen LogP contribution is 2.35. The summed E-state index contributed by atoms with van der Waals surface area (Å²) in [5.74, 6) is 2.36. The molecule has 1 aromatic carbocycles.